The molecule has 0 saturated heterocycles. The fourth-order valence-electron chi connectivity index (χ4n) is 1.65. The Hall–Kier alpha value is -1.46. The number of benzene rings is 1. The Morgan fingerprint density at radius 1 is 1.58 bits per heavy atom. The number of nitrogens with zero attached hydrogens (tertiary/aromatic N) is 1. The molecule has 2 aromatic rings. The minimum absolute atomic E-state index is 0.0532. The van der Waals surface area contributed by atoms with Crippen LogP contribution in [-0.2, 0) is 0 Å². The highest BCUT2D eigenvalue weighted by Gasteiger charge is 2.18. The van der Waals surface area contributed by atoms with Crippen LogP contribution in [0, 0.1) is 5.82 Å². The van der Waals surface area contributed by atoms with Crippen molar-refractivity contribution in [1.29, 1.82) is 0 Å². The van der Waals surface area contributed by atoms with E-state index in [1.165, 1.54) is 29.5 Å². The molecule has 1 atom stereocenters. The first kappa shape index (κ1) is 14.0. The minimum Gasteiger partial charge on any atom is -0.343 e. The first-order valence-corrected chi connectivity index (χ1v) is 7.03. The highest BCUT2D eigenvalue weighted by Crippen LogP contribution is 2.21. The predicted molar refractivity (Wildman–Crippen MR) is 74.0 cm³/mol. The van der Waals surface area contributed by atoms with Crippen LogP contribution in [0.15, 0.2) is 29.8 Å². The second kappa shape index (κ2) is 6.12. The molecule has 100 valence electrons. The highest BCUT2D eigenvalue weighted by atomic mass is 35.5. The van der Waals surface area contributed by atoms with Crippen LogP contribution in [0.3, 0.4) is 0 Å². The summed E-state index contributed by atoms with van der Waals surface area (Å²) < 4.78 is 13.6. The van der Waals surface area contributed by atoms with Crippen LogP contribution in [0.5, 0.6) is 0 Å². The molecule has 2 rings (SSSR count). The average molecular weight is 299 g/mol. The zero-order valence-corrected chi connectivity index (χ0v) is 11.8. The molecule has 1 N–H and O–H groups in total. The van der Waals surface area contributed by atoms with Crippen LogP contribution in [0.4, 0.5) is 4.39 Å². The number of aromatic nitrogens is 1. The van der Waals surface area contributed by atoms with Gasteiger partial charge in [-0.1, -0.05) is 18.5 Å². The fraction of sp³-hybridized carbons (Fsp3) is 0.231. The summed E-state index contributed by atoms with van der Waals surface area (Å²) in [5.74, 6) is -1.07. The monoisotopic (exact) mass is 298 g/mol. The molecule has 0 saturated carbocycles. The number of thiazole rings is 1. The molecule has 19 heavy (non-hydrogen) atoms. The smallest absolute Gasteiger partial charge is 0.254 e. The van der Waals surface area contributed by atoms with Crippen molar-refractivity contribution in [2.45, 2.75) is 19.4 Å². The van der Waals surface area contributed by atoms with Gasteiger partial charge in [0.1, 0.15) is 10.8 Å². The van der Waals surface area contributed by atoms with Gasteiger partial charge in [-0.05, 0) is 24.6 Å². The van der Waals surface area contributed by atoms with E-state index in [1.807, 2.05) is 12.3 Å². The first-order valence-electron chi connectivity index (χ1n) is 5.77. The van der Waals surface area contributed by atoms with Crippen molar-refractivity contribution in [3.05, 3.63) is 51.2 Å². The largest absolute Gasteiger partial charge is 0.343 e. The fourth-order valence-corrected chi connectivity index (χ4v) is 2.60. The maximum absolute atomic E-state index is 13.6. The number of carbonyl (C=O) groups excluding carboxylic acids is 1. The molecule has 3 nitrogen and oxygen atoms in total. The quantitative estimate of drug-likeness (QED) is 0.932. The van der Waals surface area contributed by atoms with Gasteiger partial charge < -0.3 is 5.32 Å². The van der Waals surface area contributed by atoms with E-state index in [2.05, 4.69) is 10.3 Å². The van der Waals surface area contributed by atoms with Gasteiger partial charge in [0.25, 0.3) is 5.91 Å². The second-order valence-electron chi connectivity index (χ2n) is 3.93. The van der Waals surface area contributed by atoms with Crippen molar-refractivity contribution in [2.75, 3.05) is 0 Å². The summed E-state index contributed by atoms with van der Waals surface area (Å²) in [5, 5.41) is 5.73. The molecule has 0 aliphatic rings. The second-order valence-corrected chi connectivity index (χ2v) is 5.29. The zero-order valence-electron chi connectivity index (χ0n) is 10.2. The molecule has 1 amide bonds. The predicted octanol–water partition coefficient (Wildman–Crippen LogP) is 3.82. The Bertz CT molecular complexity index is 574. The molecular formula is C13H12ClFN2OS. The molecule has 1 aromatic carbocycles. The van der Waals surface area contributed by atoms with Gasteiger partial charge in [0.15, 0.2) is 0 Å². The SMILES string of the molecule is CCC(NC(=O)c1cc(Cl)ccc1F)c1nccs1. The summed E-state index contributed by atoms with van der Waals surface area (Å²) in [7, 11) is 0. The normalized spacial score (nSPS) is 12.2. The van der Waals surface area contributed by atoms with E-state index in [9.17, 15) is 9.18 Å². The van der Waals surface area contributed by atoms with Gasteiger partial charge in [-0.15, -0.1) is 11.3 Å². The lowest BCUT2D eigenvalue weighted by Crippen LogP contribution is -2.28. The van der Waals surface area contributed by atoms with Crippen LogP contribution < -0.4 is 5.32 Å². The Morgan fingerprint density at radius 3 is 3.00 bits per heavy atom. The third-order valence-corrected chi connectivity index (χ3v) is 3.76. The van der Waals surface area contributed by atoms with Gasteiger partial charge in [0.2, 0.25) is 0 Å². The van der Waals surface area contributed by atoms with Gasteiger partial charge >= 0.3 is 0 Å². The molecule has 0 bridgehead atoms. The molecule has 1 heterocycles. The number of hydrogen-bond donors (Lipinski definition) is 1. The molecular weight excluding hydrogens is 287 g/mol. The molecule has 0 aliphatic heterocycles. The van der Waals surface area contributed by atoms with Crippen molar-refractivity contribution in [2.24, 2.45) is 0 Å². The Morgan fingerprint density at radius 2 is 2.37 bits per heavy atom. The summed E-state index contributed by atoms with van der Waals surface area (Å²) in [6.45, 7) is 1.93. The van der Waals surface area contributed by atoms with Crippen molar-refractivity contribution < 1.29 is 9.18 Å². The van der Waals surface area contributed by atoms with Crippen molar-refractivity contribution in [3.8, 4) is 0 Å². The standard InChI is InChI=1S/C13H12ClFN2OS/c1-2-11(13-16-5-6-19-13)17-12(18)9-7-8(14)3-4-10(9)15/h3-7,11H,2H2,1H3,(H,17,18). The van der Waals surface area contributed by atoms with E-state index < -0.39 is 11.7 Å². The third-order valence-electron chi connectivity index (χ3n) is 2.64. The van der Waals surface area contributed by atoms with Gasteiger partial charge in [0, 0.05) is 16.6 Å². The summed E-state index contributed by atoms with van der Waals surface area (Å²) in [4.78, 5) is 16.2. The number of rotatable bonds is 4. The third kappa shape index (κ3) is 3.30. The Kier molecular flexibility index (Phi) is 4.50. The Labute approximate surface area is 119 Å². The van der Waals surface area contributed by atoms with Crippen molar-refractivity contribution >= 4 is 28.8 Å². The number of amides is 1. The topological polar surface area (TPSA) is 42.0 Å². The van der Waals surface area contributed by atoms with Crippen LogP contribution in [0.25, 0.3) is 0 Å². The number of nitrogens with one attached hydrogen (secondary N) is 1. The summed E-state index contributed by atoms with van der Waals surface area (Å²) in [6.07, 6.45) is 2.36. The van der Waals surface area contributed by atoms with E-state index in [0.717, 1.165) is 5.01 Å². The lowest BCUT2D eigenvalue weighted by molar-refractivity contribution is 0.0931. The maximum Gasteiger partial charge on any atom is 0.254 e. The van der Waals surface area contributed by atoms with Crippen molar-refractivity contribution in [3.63, 3.8) is 0 Å². The van der Waals surface area contributed by atoms with Crippen LogP contribution in [0.1, 0.15) is 34.8 Å². The number of halogens is 2. The molecule has 0 radical (unpaired) electrons. The van der Waals surface area contributed by atoms with Crippen molar-refractivity contribution in [1.82, 2.24) is 10.3 Å². The van der Waals surface area contributed by atoms with Gasteiger partial charge in [-0.2, -0.15) is 0 Å². The highest BCUT2D eigenvalue weighted by molar-refractivity contribution is 7.09. The van der Waals surface area contributed by atoms with Crippen LogP contribution in [-0.4, -0.2) is 10.9 Å². The molecule has 1 unspecified atom stereocenters. The van der Waals surface area contributed by atoms with E-state index in [1.54, 1.807) is 6.20 Å². The Balaban J connectivity index is 2.18. The first-order chi connectivity index (χ1) is 9.11. The number of carbonyl (C=O) groups is 1. The van der Waals surface area contributed by atoms with Crippen LogP contribution >= 0.6 is 22.9 Å². The van der Waals surface area contributed by atoms with E-state index in [-0.39, 0.29) is 11.6 Å². The van der Waals surface area contributed by atoms with E-state index in [4.69, 9.17) is 11.6 Å². The van der Waals surface area contributed by atoms with Gasteiger partial charge in [-0.3, -0.25) is 4.79 Å². The summed E-state index contributed by atoms with van der Waals surface area (Å²) in [6, 6.07) is 3.69. The molecule has 1 aromatic heterocycles. The summed E-state index contributed by atoms with van der Waals surface area (Å²) in [5.41, 5.74) is -0.0532. The average Bonchev–Trinajstić information content (AvgIpc) is 2.92. The summed E-state index contributed by atoms with van der Waals surface area (Å²) >= 11 is 7.23. The minimum atomic E-state index is -0.587. The maximum atomic E-state index is 13.6. The lowest BCUT2D eigenvalue weighted by Gasteiger charge is -2.14. The molecule has 0 fully saturated rings. The van der Waals surface area contributed by atoms with E-state index in [0.29, 0.717) is 11.4 Å². The molecule has 6 heteroatoms. The van der Waals surface area contributed by atoms with Crippen LogP contribution in [0.2, 0.25) is 5.02 Å². The van der Waals surface area contributed by atoms with E-state index >= 15 is 0 Å². The van der Waals surface area contributed by atoms with Gasteiger partial charge in [-0.25, -0.2) is 9.37 Å². The lowest BCUT2D eigenvalue weighted by atomic mass is 10.1. The molecule has 0 spiro atoms. The number of hydrogen-bond acceptors (Lipinski definition) is 3. The molecule has 0 aliphatic carbocycles. The van der Waals surface area contributed by atoms with Gasteiger partial charge in [0.05, 0.1) is 11.6 Å². The zero-order chi connectivity index (χ0) is 13.8.